The maximum absolute atomic E-state index is 13.5. The predicted molar refractivity (Wildman–Crippen MR) is 71.6 cm³/mol. The van der Waals surface area contributed by atoms with Gasteiger partial charge in [0.1, 0.15) is 16.4 Å². The molecule has 19 heavy (non-hydrogen) atoms. The highest BCUT2D eigenvalue weighted by Crippen LogP contribution is 2.23. The van der Waals surface area contributed by atoms with Gasteiger partial charge in [-0.25, -0.2) is 9.18 Å². The molecule has 1 aromatic heterocycles. The smallest absolute Gasteiger partial charge is 0.345 e. The number of carboxylic acid groups (broad SMARTS) is 1. The van der Waals surface area contributed by atoms with Crippen molar-refractivity contribution in [2.75, 3.05) is 12.4 Å². The third-order valence-corrected chi connectivity index (χ3v) is 3.57. The maximum atomic E-state index is 13.5. The number of carboxylic acids is 1. The van der Waals surface area contributed by atoms with E-state index < -0.39 is 5.97 Å². The summed E-state index contributed by atoms with van der Waals surface area (Å²) in [5.74, 6) is -0.777. The van der Waals surface area contributed by atoms with Crippen LogP contribution in [-0.2, 0) is 6.54 Å². The minimum atomic E-state index is -0.955. The molecule has 2 rings (SSSR count). The fourth-order valence-corrected chi connectivity index (χ4v) is 2.32. The van der Waals surface area contributed by atoms with E-state index in [0.717, 1.165) is 16.2 Å². The Morgan fingerprint density at radius 3 is 2.84 bits per heavy atom. The number of anilines is 1. The summed E-state index contributed by atoms with van der Waals surface area (Å²) in [4.78, 5) is 11.8. The molecule has 0 spiro atoms. The van der Waals surface area contributed by atoms with E-state index in [1.54, 1.807) is 12.1 Å². The number of aromatic carboxylic acids is 1. The van der Waals surface area contributed by atoms with Gasteiger partial charge in [-0.05, 0) is 24.3 Å². The van der Waals surface area contributed by atoms with Crippen LogP contribution in [0.1, 0.15) is 14.5 Å². The first-order chi connectivity index (χ1) is 9.10. The number of ether oxygens (including phenoxy) is 1. The van der Waals surface area contributed by atoms with E-state index in [0.29, 0.717) is 18.0 Å². The summed E-state index contributed by atoms with van der Waals surface area (Å²) < 4.78 is 18.5. The number of benzene rings is 1. The molecule has 4 nitrogen and oxygen atoms in total. The highest BCUT2D eigenvalue weighted by molar-refractivity contribution is 7.13. The lowest BCUT2D eigenvalue weighted by Gasteiger charge is -2.08. The molecular formula is C13H12FNO3S. The molecule has 0 saturated heterocycles. The predicted octanol–water partition coefficient (Wildman–Crippen LogP) is 3.21. The number of carbonyl (C=O) groups is 1. The molecule has 0 atom stereocenters. The molecule has 0 aliphatic heterocycles. The number of methoxy groups -OCH3 is 1. The number of hydrogen-bond acceptors (Lipinski definition) is 4. The molecule has 2 aromatic rings. The second-order valence-electron chi connectivity index (χ2n) is 3.77. The summed E-state index contributed by atoms with van der Waals surface area (Å²) >= 11 is 1.16. The van der Waals surface area contributed by atoms with Gasteiger partial charge < -0.3 is 15.2 Å². The van der Waals surface area contributed by atoms with Gasteiger partial charge in [-0.2, -0.15) is 0 Å². The van der Waals surface area contributed by atoms with E-state index in [9.17, 15) is 9.18 Å². The molecule has 100 valence electrons. The Balaban J connectivity index is 2.07. The zero-order valence-electron chi connectivity index (χ0n) is 10.1. The van der Waals surface area contributed by atoms with Crippen molar-refractivity contribution >= 4 is 23.0 Å². The minimum Gasteiger partial charge on any atom is -0.497 e. The quantitative estimate of drug-likeness (QED) is 0.883. The lowest BCUT2D eigenvalue weighted by atomic mass is 10.3. The van der Waals surface area contributed by atoms with Crippen LogP contribution in [0, 0.1) is 5.82 Å². The summed E-state index contributed by atoms with van der Waals surface area (Å²) in [7, 11) is 1.51. The fourth-order valence-electron chi connectivity index (χ4n) is 1.54. The number of halogens is 1. The molecule has 0 bridgehead atoms. The Labute approximate surface area is 113 Å². The molecule has 2 N–H and O–H groups in total. The van der Waals surface area contributed by atoms with Gasteiger partial charge in [-0.3, -0.25) is 0 Å². The monoisotopic (exact) mass is 281 g/mol. The summed E-state index contributed by atoms with van der Waals surface area (Å²) in [5.41, 5.74) is 0.324. The first-order valence-corrected chi connectivity index (χ1v) is 6.31. The molecule has 0 amide bonds. The third kappa shape index (κ3) is 3.23. The zero-order chi connectivity index (χ0) is 13.8. The molecule has 0 aliphatic rings. The van der Waals surface area contributed by atoms with Gasteiger partial charge >= 0.3 is 5.97 Å². The largest absolute Gasteiger partial charge is 0.497 e. The minimum absolute atomic E-state index is 0.267. The van der Waals surface area contributed by atoms with Crippen molar-refractivity contribution in [1.29, 1.82) is 0 Å². The van der Waals surface area contributed by atoms with E-state index in [-0.39, 0.29) is 10.7 Å². The van der Waals surface area contributed by atoms with E-state index in [1.807, 2.05) is 0 Å². The van der Waals surface area contributed by atoms with Crippen molar-refractivity contribution in [3.63, 3.8) is 0 Å². The fraction of sp³-hybridized carbons (Fsp3) is 0.154. The first-order valence-electron chi connectivity index (χ1n) is 5.49. The topological polar surface area (TPSA) is 58.6 Å². The van der Waals surface area contributed by atoms with Gasteiger partial charge in [0, 0.05) is 17.5 Å². The van der Waals surface area contributed by atoms with Gasteiger partial charge in [-0.15, -0.1) is 11.3 Å². The average molecular weight is 281 g/mol. The molecule has 0 saturated carbocycles. The lowest BCUT2D eigenvalue weighted by molar-refractivity contribution is 0.0702. The van der Waals surface area contributed by atoms with Crippen LogP contribution >= 0.6 is 11.3 Å². The Morgan fingerprint density at radius 2 is 2.21 bits per heavy atom. The van der Waals surface area contributed by atoms with Crippen LogP contribution in [0.4, 0.5) is 10.1 Å². The molecule has 6 heteroatoms. The molecule has 1 heterocycles. The molecule has 0 fully saturated rings. The second-order valence-corrected chi connectivity index (χ2v) is 4.94. The van der Waals surface area contributed by atoms with Crippen molar-refractivity contribution in [1.82, 2.24) is 0 Å². The first kappa shape index (κ1) is 13.4. The van der Waals surface area contributed by atoms with Crippen LogP contribution in [0.5, 0.6) is 5.75 Å². The van der Waals surface area contributed by atoms with Crippen LogP contribution in [0.3, 0.4) is 0 Å². The van der Waals surface area contributed by atoms with Crippen LogP contribution in [-0.4, -0.2) is 18.2 Å². The molecular weight excluding hydrogens is 269 g/mol. The lowest BCUT2D eigenvalue weighted by Crippen LogP contribution is -2.00. The van der Waals surface area contributed by atoms with Gasteiger partial charge in [0.15, 0.2) is 0 Å². The number of hydrogen-bond donors (Lipinski definition) is 2. The molecule has 0 unspecified atom stereocenters. The van der Waals surface area contributed by atoms with Crippen molar-refractivity contribution < 1.29 is 19.0 Å². The summed E-state index contributed by atoms with van der Waals surface area (Å²) in [5, 5.41) is 11.7. The molecule has 0 radical (unpaired) electrons. The SMILES string of the molecule is COc1ccc(F)c(NCc2ccc(C(=O)O)s2)c1. The standard InChI is InChI=1S/C13H12FNO3S/c1-18-8-2-4-10(14)11(6-8)15-7-9-3-5-12(19-9)13(16)17/h2-6,15H,7H2,1H3,(H,16,17). The van der Waals surface area contributed by atoms with Crippen LogP contribution < -0.4 is 10.1 Å². The maximum Gasteiger partial charge on any atom is 0.345 e. The van der Waals surface area contributed by atoms with Crippen LogP contribution in [0.2, 0.25) is 0 Å². The normalized spacial score (nSPS) is 10.2. The van der Waals surface area contributed by atoms with Crippen LogP contribution in [0.15, 0.2) is 30.3 Å². The number of rotatable bonds is 5. The van der Waals surface area contributed by atoms with Crippen molar-refractivity contribution in [2.24, 2.45) is 0 Å². The van der Waals surface area contributed by atoms with Gasteiger partial charge in [0.2, 0.25) is 0 Å². The van der Waals surface area contributed by atoms with E-state index in [1.165, 1.54) is 25.3 Å². The zero-order valence-corrected chi connectivity index (χ0v) is 11.0. The Bertz CT molecular complexity index is 597. The summed E-state index contributed by atoms with van der Waals surface area (Å²) in [6, 6.07) is 7.65. The highest BCUT2D eigenvalue weighted by atomic mass is 32.1. The summed E-state index contributed by atoms with van der Waals surface area (Å²) in [6.45, 7) is 0.363. The second kappa shape index (κ2) is 5.71. The Hall–Kier alpha value is -2.08. The van der Waals surface area contributed by atoms with Crippen LogP contribution in [0.25, 0.3) is 0 Å². The number of thiophene rings is 1. The molecule has 1 aromatic carbocycles. The third-order valence-electron chi connectivity index (χ3n) is 2.50. The van der Waals surface area contributed by atoms with E-state index in [2.05, 4.69) is 5.32 Å². The van der Waals surface area contributed by atoms with Gasteiger partial charge in [-0.1, -0.05) is 0 Å². The van der Waals surface area contributed by atoms with Gasteiger partial charge in [0.05, 0.1) is 12.8 Å². The average Bonchev–Trinajstić information content (AvgIpc) is 2.87. The summed E-state index contributed by atoms with van der Waals surface area (Å²) in [6.07, 6.45) is 0. The Kier molecular flexibility index (Phi) is 4.01. The van der Waals surface area contributed by atoms with Crippen molar-refractivity contribution in [2.45, 2.75) is 6.54 Å². The number of nitrogens with one attached hydrogen (secondary N) is 1. The molecule has 0 aliphatic carbocycles. The highest BCUT2D eigenvalue weighted by Gasteiger charge is 2.08. The Morgan fingerprint density at radius 1 is 1.42 bits per heavy atom. The van der Waals surface area contributed by atoms with Crippen molar-refractivity contribution in [3.05, 3.63) is 45.9 Å². The van der Waals surface area contributed by atoms with Crippen molar-refractivity contribution in [3.8, 4) is 5.75 Å². The van der Waals surface area contributed by atoms with E-state index >= 15 is 0 Å². The van der Waals surface area contributed by atoms with Gasteiger partial charge in [0.25, 0.3) is 0 Å². The van der Waals surface area contributed by atoms with E-state index in [4.69, 9.17) is 9.84 Å².